The predicted molar refractivity (Wildman–Crippen MR) is 61.2 cm³/mol. The fraction of sp³-hybridized carbons (Fsp3) is 0.200. The maximum atomic E-state index is 11.0. The number of carbonyl (C=O) groups excluding carboxylic acids is 2. The molecule has 0 aromatic rings. The Labute approximate surface area is 112 Å². The maximum absolute atomic E-state index is 11.0. The number of hydrogen-bond acceptors (Lipinski definition) is 8. The summed E-state index contributed by atoms with van der Waals surface area (Å²) in [4.78, 5) is 51.0. The van der Waals surface area contributed by atoms with Gasteiger partial charge in [-0.05, 0) is 13.8 Å². The van der Waals surface area contributed by atoms with Gasteiger partial charge in [0, 0.05) is 12.4 Å². The molecule has 110 valence electrons. The van der Waals surface area contributed by atoms with Crippen molar-refractivity contribution in [1.29, 1.82) is 0 Å². The molecule has 0 fully saturated rings. The van der Waals surface area contributed by atoms with Crippen molar-refractivity contribution in [1.82, 2.24) is 11.0 Å². The zero-order valence-corrected chi connectivity index (χ0v) is 10.5. The SMILES string of the molecule is CC(=CNOC(=O)C(=O)ONC=C(C)C(=O)O)C(=O)O. The minimum absolute atomic E-state index is 0.163. The molecule has 20 heavy (non-hydrogen) atoms. The van der Waals surface area contributed by atoms with E-state index in [2.05, 4.69) is 9.68 Å². The van der Waals surface area contributed by atoms with E-state index in [-0.39, 0.29) is 11.1 Å². The molecule has 0 aliphatic heterocycles. The topological polar surface area (TPSA) is 151 Å². The first-order valence-corrected chi connectivity index (χ1v) is 4.98. The van der Waals surface area contributed by atoms with Gasteiger partial charge in [-0.25, -0.2) is 30.1 Å². The van der Waals surface area contributed by atoms with Crippen LogP contribution in [0.2, 0.25) is 0 Å². The Morgan fingerprint density at radius 1 is 0.800 bits per heavy atom. The molecule has 4 N–H and O–H groups in total. The second-order valence-corrected chi connectivity index (χ2v) is 3.28. The first-order valence-electron chi connectivity index (χ1n) is 4.98. The number of nitrogens with one attached hydrogen (secondary N) is 2. The van der Waals surface area contributed by atoms with Crippen LogP contribution in [-0.4, -0.2) is 34.1 Å². The molecule has 0 heterocycles. The summed E-state index contributed by atoms with van der Waals surface area (Å²) < 4.78 is 0. The molecule has 0 atom stereocenters. The Balaban J connectivity index is 4.15. The molecule has 0 unspecified atom stereocenters. The highest BCUT2D eigenvalue weighted by molar-refractivity contribution is 6.29. The van der Waals surface area contributed by atoms with Crippen LogP contribution in [0.15, 0.2) is 23.5 Å². The van der Waals surface area contributed by atoms with Crippen LogP contribution in [0.1, 0.15) is 13.8 Å². The monoisotopic (exact) mass is 288 g/mol. The van der Waals surface area contributed by atoms with Crippen LogP contribution in [-0.2, 0) is 28.9 Å². The molecule has 0 aromatic carbocycles. The molecular weight excluding hydrogens is 276 g/mol. The smallest absolute Gasteiger partial charge is 0.443 e. The average molecular weight is 288 g/mol. The maximum Gasteiger partial charge on any atom is 0.443 e. The van der Waals surface area contributed by atoms with E-state index in [9.17, 15) is 19.2 Å². The van der Waals surface area contributed by atoms with E-state index in [1.165, 1.54) is 13.8 Å². The molecule has 10 nitrogen and oxygen atoms in total. The highest BCUT2D eigenvalue weighted by Gasteiger charge is 2.18. The van der Waals surface area contributed by atoms with Gasteiger partial charge in [-0.2, -0.15) is 0 Å². The van der Waals surface area contributed by atoms with Crippen molar-refractivity contribution in [2.45, 2.75) is 13.8 Å². The third kappa shape index (κ3) is 6.64. The molecule has 0 amide bonds. The van der Waals surface area contributed by atoms with E-state index in [4.69, 9.17) is 10.2 Å². The van der Waals surface area contributed by atoms with Crippen molar-refractivity contribution in [3.05, 3.63) is 23.5 Å². The van der Waals surface area contributed by atoms with Crippen LogP contribution < -0.4 is 11.0 Å². The molecule has 0 saturated heterocycles. The number of hydroxylamine groups is 2. The molecule has 0 aromatic heterocycles. The number of aliphatic carboxylic acids is 2. The van der Waals surface area contributed by atoms with Crippen LogP contribution in [0.5, 0.6) is 0 Å². The zero-order valence-electron chi connectivity index (χ0n) is 10.5. The third-order valence-electron chi connectivity index (χ3n) is 1.70. The summed E-state index contributed by atoms with van der Waals surface area (Å²) in [5, 5.41) is 16.9. The molecule has 0 rings (SSSR count). The standard InChI is InChI=1S/C10H12N2O8/c1-5(7(13)14)3-11-19-9(17)10(18)20-12-4-6(2)8(15)16/h3-4,11-12H,1-2H3,(H,13,14)(H,15,16). The Kier molecular flexibility index (Phi) is 6.89. The summed E-state index contributed by atoms with van der Waals surface area (Å²) in [5.74, 6) is -5.42. The first kappa shape index (κ1) is 17.0. The van der Waals surface area contributed by atoms with Crippen LogP contribution in [0, 0.1) is 0 Å². The van der Waals surface area contributed by atoms with E-state index in [0.29, 0.717) is 0 Å². The largest absolute Gasteiger partial charge is 0.478 e. The van der Waals surface area contributed by atoms with Crippen molar-refractivity contribution in [2.24, 2.45) is 0 Å². The Hall–Kier alpha value is -3.04. The number of carbonyl (C=O) groups is 4. The van der Waals surface area contributed by atoms with E-state index >= 15 is 0 Å². The number of carboxylic acids is 2. The van der Waals surface area contributed by atoms with Crippen molar-refractivity contribution >= 4 is 23.9 Å². The van der Waals surface area contributed by atoms with Gasteiger partial charge in [-0.1, -0.05) is 0 Å². The van der Waals surface area contributed by atoms with Crippen molar-refractivity contribution in [3.8, 4) is 0 Å². The Bertz CT molecular complexity index is 436. The average Bonchev–Trinajstić information content (AvgIpc) is 2.37. The lowest BCUT2D eigenvalue weighted by atomic mass is 10.3. The summed E-state index contributed by atoms with van der Waals surface area (Å²) in [6.07, 6.45) is 1.69. The van der Waals surface area contributed by atoms with E-state index < -0.39 is 23.9 Å². The molecule has 0 saturated carbocycles. The van der Waals surface area contributed by atoms with Gasteiger partial charge in [0.2, 0.25) is 0 Å². The van der Waals surface area contributed by atoms with E-state index in [1.807, 2.05) is 11.0 Å². The number of hydrogen-bond donors (Lipinski definition) is 4. The van der Waals surface area contributed by atoms with E-state index in [1.54, 1.807) is 0 Å². The van der Waals surface area contributed by atoms with Gasteiger partial charge in [-0.3, -0.25) is 0 Å². The Morgan fingerprint density at radius 3 is 1.35 bits per heavy atom. The Morgan fingerprint density at radius 2 is 1.10 bits per heavy atom. The van der Waals surface area contributed by atoms with Crippen molar-refractivity contribution in [2.75, 3.05) is 0 Å². The van der Waals surface area contributed by atoms with Crippen molar-refractivity contribution < 1.29 is 39.1 Å². The highest BCUT2D eigenvalue weighted by atomic mass is 16.7. The van der Waals surface area contributed by atoms with Gasteiger partial charge in [0.05, 0.1) is 11.1 Å². The predicted octanol–water partition coefficient (Wildman–Crippen LogP) is -0.941. The second kappa shape index (κ2) is 8.13. The highest BCUT2D eigenvalue weighted by Crippen LogP contribution is 1.90. The van der Waals surface area contributed by atoms with Gasteiger partial charge in [0.25, 0.3) is 0 Å². The fourth-order valence-electron chi connectivity index (χ4n) is 0.550. The summed E-state index contributed by atoms with van der Waals surface area (Å²) in [6.45, 7) is 2.45. The number of rotatable bonds is 6. The molecule has 0 aliphatic carbocycles. The lowest BCUT2D eigenvalue weighted by molar-refractivity contribution is -0.174. The van der Waals surface area contributed by atoms with Crippen LogP contribution in [0.4, 0.5) is 0 Å². The van der Waals surface area contributed by atoms with Crippen LogP contribution in [0.25, 0.3) is 0 Å². The van der Waals surface area contributed by atoms with Crippen molar-refractivity contribution in [3.63, 3.8) is 0 Å². The van der Waals surface area contributed by atoms with Crippen LogP contribution in [0.3, 0.4) is 0 Å². The van der Waals surface area contributed by atoms with Gasteiger partial charge >= 0.3 is 23.9 Å². The van der Waals surface area contributed by atoms with Gasteiger partial charge in [0.1, 0.15) is 0 Å². The first-order chi connectivity index (χ1) is 9.25. The van der Waals surface area contributed by atoms with Gasteiger partial charge in [-0.15, -0.1) is 0 Å². The molecule has 0 aliphatic rings. The number of carboxylic acid groups (broad SMARTS) is 2. The van der Waals surface area contributed by atoms with Crippen LogP contribution >= 0.6 is 0 Å². The zero-order chi connectivity index (χ0) is 15.7. The third-order valence-corrected chi connectivity index (χ3v) is 1.70. The summed E-state index contributed by atoms with van der Waals surface area (Å²) in [7, 11) is 0. The summed E-state index contributed by atoms with van der Waals surface area (Å²) >= 11 is 0. The lowest BCUT2D eigenvalue weighted by Gasteiger charge is -2.03. The fourth-order valence-corrected chi connectivity index (χ4v) is 0.550. The quantitative estimate of drug-likeness (QED) is 0.273. The molecular formula is C10H12N2O8. The molecule has 0 radical (unpaired) electrons. The summed E-state index contributed by atoms with van der Waals surface area (Å²) in [6, 6.07) is 0. The summed E-state index contributed by atoms with van der Waals surface area (Å²) in [5.41, 5.74) is 3.34. The van der Waals surface area contributed by atoms with Gasteiger partial charge < -0.3 is 19.9 Å². The minimum atomic E-state index is -1.46. The minimum Gasteiger partial charge on any atom is -0.478 e. The normalized spacial score (nSPS) is 11.3. The molecule has 0 bridgehead atoms. The van der Waals surface area contributed by atoms with E-state index in [0.717, 1.165) is 12.4 Å². The lowest BCUT2D eigenvalue weighted by Crippen LogP contribution is -2.28. The molecule has 0 spiro atoms. The second-order valence-electron chi connectivity index (χ2n) is 3.28. The molecule has 10 heteroatoms. The van der Waals surface area contributed by atoms with Gasteiger partial charge in [0.15, 0.2) is 0 Å².